The summed E-state index contributed by atoms with van der Waals surface area (Å²) in [6, 6.07) is 0. The zero-order valence-electron chi connectivity index (χ0n) is 10.4. The van der Waals surface area contributed by atoms with Gasteiger partial charge in [-0.05, 0) is 53.4 Å². The molecule has 0 heteroatoms. The Bertz CT molecular complexity index is 144. The molecule has 0 unspecified atom stereocenters. The Labute approximate surface area is 90.4 Å². The van der Waals surface area contributed by atoms with Crippen LogP contribution in [-0.4, -0.2) is 0 Å². The number of hydrogen-bond donors (Lipinski definition) is 0. The van der Waals surface area contributed by atoms with E-state index in [1.54, 1.807) is 0 Å². The van der Waals surface area contributed by atoms with Crippen molar-refractivity contribution >= 4 is 0 Å². The van der Waals surface area contributed by atoms with Crippen LogP contribution < -0.4 is 0 Å². The summed E-state index contributed by atoms with van der Waals surface area (Å²) in [7, 11) is 0. The van der Waals surface area contributed by atoms with Crippen molar-refractivity contribution in [3.63, 3.8) is 0 Å². The highest BCUT2D eigenvalue weighted by Crippen LogP contribution is 2.07. The maximum Gasteiger partial charge on any atom is -0.0351 e. The molecule has 0 aromatic rings. The lowest BCUT2D eigenvalue weighted by molar-refractivity contribution is 0.730. The fourth-order valence-corrected chi connectivity index (χ4v) is 0.760. The van der Waals surface area contributed by atoms with Gasteiger partial charge < -0.3 is 0 Å². The Morgan fingerprint density at radius 1 is 0.786 bits per heavy atom. The van der Waals surface area contributed by atoms with Crippen LogP contribution in [0.5, 0.6) is 0 Å². The van der Waals surface area contributed by atoms with Crippen molar-refractivity contribution in [2.45, 2.75) is 53.4 Å². The molecule has 82 valence electrons. The number of hydrogen-bond acceptors (Lipinski definition) is 0. The molecule has 0 spiro atoms. The first-order chi connectivity index (χ1) is 6.46. The molecule has 0 amide bonds. The molecule has 0 radical (unpaired) electrons. The third-order valence-corrected chi connectivity index (χ3v) is 1.16. The van der Waals surface area contributed by atoms with Crippen LogP contribution in [0.4, 0.5) is 0 Å². The molecule has 0 aliphatic heterocycles. The van der Waals surface area contributed by atoms with Crippen molar-refractivity contribution < 1.29 is 0 Å². The van der Waals surface area contributed by atoms with Gasteiger partial charge in [0.25, 0.3) is 0 Å². The van der Waals surface area contributed by atoms with E-state index in [0.29, 0.717) is 0 Å². The van der Waals surface area contributed by atoms with Crippen LogP contribution in [0.1, 0.15) is 53.4 Å². The zero-order valence-corrected chi connectivity index (χ0v) is 10.4. The highest BCUT2D eigenvalue weighted by molar-refractivity contribution is 4.85. The van der Waals surface area contributed by atoms with Gasteiger partial charge in [-0.2, -0.15) is 0 Å². The van der Waals surface area contributed by atoms with E-state index < -0.39 is 0 Å². The lowest BCUT2D eigenvalue weighted by Crippen LogP contribution is -1.77. The molecule has 0 N–H and O–H groups in total. The van der Waals surface area contributed by atoms with Crippen molar-refractivity contribution in [2.75, 3.05) is 0 Å². The van der Waals surface area contributed by atoms with Gasteiger partial charge in [0.15, 0.2) is 0 Å². The Balaban J connectivity index is 0. The van der Waals surface area contributed by atoms with E-state index in [-0.39, 0.29) is 0 Å². The summed E-state index contributed by atoms with van der Waals surface area (Å²) >= 11 is 0. The Kier molecular flexibility index (Phi) is 13.7. The Morgan fingerprint density at radius 3 is 1.07 bits per heavy atom. The molecule has 1 aliphatic rings. The van der Waals surface area contributed by atoms with Gasteiger partial charge in [0.1, 0.15) is 0 Å². The van der Waals surface area contributed by atoms with Crippen LogP contribution in [0.3, 0.4) is 0 Å². The molecule has 14 heavy (non-hydrogen) atoms. The minimum Gasteiger partial charge on any atom is -0.100 e. The predicted octanol–water partition coefficient (Wildman–Crippen LogP) is 5.28. The molecule has 0 atom stereocenters. The van der Waals surface area contributed by atoms with Gasteiger partial charge in [0, 0.05) is 0 Å². The Morgan fingerprint density at radius 2 is 1.00 bits per heavy atom. The van der Waals surface area contributed by atoms with Gasteiger partial charge in [0.05, 0.1) is 0 Å². The van der Waals surface area contributed by atoms with E-state index >= 15 is 0 Å². The molecule has 1 aliphatic carbocycles. The molecule has 0 aromatic heterocycles. The predicted molar refractivity (Wildman–Crippen MR) is 68.6 cm³/mol. The SMILES string of the molecule is C1=CCCCC1.C=C(C)C.C=C(C)C. The topological polar surface area (TPSA) is 0 Å². The van der Waals surface area contributed by atoms with Crippen molar-refractivity contribution in [2.24, 2.45) is 0 Å². The average Bonchev–Trinajstić information content (AvgIpc) is 2.05. The van der Waals surface area contributed by atoms with Crippen LogP contribution in [-0.2, 0) is 0 Å². The lowest BCUT2D eigenvalue weighted by Gasteiger charge is -1.97. The fraction of sp³-hybridized carbons (Fsp3) is 0.571. The van der Waals surface area contributed by atoms with Gasteiger partial charge >= 0.3 is 0 Å². The molecule has 0 fully saturated rings. The monoisotopic (exact) mass is 194 g/mol. The van der Waals surface area contributed by atoms with E-state index in [0.717, 1.165) is 0 Å². The normalized spacial score (nSPS) is 12.9. The first-order valence-corrected chi connectivity index (χ1v) is 5.36. The van der Waals surface area contributed by atoms with Crippen LogP contribution in [0, 0.1) is 0 Å². The van der Waals surface area contributed by atoms with E-state index in [4.69, 9.17) is 0 Å². The minimum atomic E-state index is 1.17. The number of allylic oxidation sites excluding steroid dienone is 4. The van der Waals surface area contributed by atoms with Gasteiger partial charge in [0.2, 0.25) is 0 Å². The molecule has 0 bridgehead atoms. The van der Waals surface area contributed by atoms with Crippen LogP contribution in [0.25, 0.3) is 0 Å². The van der Waals surface area contributed by atoms with Crippen LogP contribution in [0.15, 0.2) is 36.5 Å². The van der Waals surface area contributed by atoms with E-state index in [2.05, 4.69) is 25.3 Å². The maximum atomic E-state index is 3.56. The zero-order chi connectivity index (χ0) is 11.4. The van der Waals surface area contributed by atoms with Crippen LogP contribution >= 0.6 is 0 Å². The van der Waals surface area contributed by atoms with Gasteiger partial charge in [-0.3, -0.25) is 0 Å². The summed E-state index contributed by atoms with van der Waals surface area (Å²) in [4.78, 5) is 0. The van der Waals surface area contributed by atoms with Crippen molar-refractivity contribution in [1.29, 1.82) is 0 Å². The van der Waals surface area contributed by atoms with Crippen LogP contribution in [0.2, 0.25) is 0 Å². The summed E-state index contributed by atoms with van der Waals surface area (Å²) in [6.45, 7) is 15.0. The second-order valence-corrected chi connectivity index (χ2v) is 4.17. The van der Waals surface area contributed by atoms with E-state index in [1.165, 1.54) is 36.8 Å². The molecule has 0 heterocycles. The summed E-state index contributed by atoms with van der Waals surface area (Å²) in [5.41, 5.74) is 2.33. The van der Waals surface area contributed by atoms with Gasteiger partial charge in [-0.1, -0.05) is 23.3 Å². The molecule has 0 aromatic carbocycles. The maximum absolute atomic E-state index is 3.56. The van der Waals surface area contributed by atoms with Gasteiger partial charge in [-0.15, -0.1) is 13.2 Å². The second-order valence-electron chi connectivity index (χ2n) is 4.17. The molecular weight excluding hydrogens is 168 g/mol. The third-order valence-electron chi connectivity index (χ3n) is 1.16. The standard InChI is InChI=1S/C6H10.2C4H8/c1-2-4-6-5-3-1;2*1-4(2)3/h1-2H,3-6H2;2*1H2,2-3H3. The summed E-state index contributed by atoms with van der Waals surface area (Å²) in [6.07, 6.45) is 10.0. The van der Waals surface area contributed by atoms with E-state index in [1.807, 2.05) is 27.7 Å². The summed E-state index contributed by atoms with van der Waals surface area (Å²) < 4.78 is 0. The molecule has 0 saturated heterocycles. The van der Waals surface area contributed by atoms with Crippen molar-refractivity contribution in [1.82, 2.24) is 0 Å². The van der Waals surface area contributed by atoms with Crippen molar-refractivity contribution in [3.05, 3.63) is 36.5 Å². The van der Waals surface area contributed by atoms with Gasteiger partial charge in [-0.25, -0.2) is 0 Å². The first kappa shape index (κ1) is 15.7. The fourth-order valence-electron chi connectivity index (χ4n) is 0.760. The average molecular weight is 194 g/mol. The quantitative estimate of drug-likeness (QED) is 0.460. The third kappa shape index (κ3) is 43.0. The first-order valence-electron chi connectivity index (χ1n) is 5.36. The summed E-state index contributed by atoms with van der Waals surface area (Å²) in [5.74, 6) is 0. The lowest BCUT2D eigenvalue weighted by atomic mass is 10.1. The minimum absolute atomic E-state index is 1.17. The summed E-state index contributed by atoms with van der Waals surface area (Å²) in [5, 5.41) is 0. The number of rotatable bonds is 0. The largest absolute Gasteiger partial charge is 0.100 e. The Hall–Kier alpha value is -0.780. The van der Waals surface area contributed by atoms with E-state index in [9.17, 15) is 0 Å². The van der Waals surface area contributed by atoms with Crippen molar-refractivity contribution in [3.8, 4) is 0 Å². The smallest absolute Gasteiger partial charge is 0.0351 e. The molecule has 0 nitrogen and oxygen atoms in total. The highest BCUT2D eigenvalue weighted by Gasteiger charge is 1.87. The molecule has 1 rings (SSSR count). The highest BCUT2D eigenvalue weighted by atomic mass is 13.9. The molecule has 0 saturated carbocycles. The second kappa shape index (κ2) is 12.2. The molecular formula is C14H26.